The van der Waals surface area contributed by atoms with E-state index in [0.717, 1.165) is 23.7 Å². The van der Waals surface area contributed by atoms with Crippen LogP contribution in [0.3, 0.4) is 0 Å². The molecule has 1 aliphatic heterocycles. The van der Waals surface area contributed by atoms with Crippen LogP contribution in [0.15, 0.2) is 29.7 Å². The van der Waals surface area contributed by atoms with Crippen molar-refractivity contribution in [3.63, 3.8) is 0 Å². The minimum Gasteiger partial charge on any atom is -0.338 e. The van der Waals surface area contributed by atoms with Gasteiger partial charge < -0.3 is 4.90 Å². The van der Waals surface area contributed by atoms with Gasteiger partial charge in [-0.3, -0.25) is 4.79 Å². The minimum absolute atomic E-state index is 0.176. The van der Waals surface area contributed by atoms with Gasteiger partial charge in [-0.05, 0) is 97.5 Å². The van der Waals surface area contributed by atoms with Crippen LogP contribution >= 0.6 is 11.3 Å². The number of nitrogens with zero attached hydrogens (tertiary/aromatic N) is 1. The zero-order chi connectivity index (χ0) is 20.4. The summed E-state index contributed by atoms with van der Waals surface area (Å²) in [5, 5.41) is 2.23. The van der Waals surface area contributed by atoms with Crippen LogP contribution in [0.4, 0.5) is 0 Å². The van der Waals surface area contributed by atoms with Crippen molar-refractivity contribution in [2.45, 2.75) is 77.7 Å². The Morgan fingerprint density at radius 2 is 2.00 bits per heavy atom. The highest BCUT2D eigenvalue weighted by Crippen LogP contribution is 2.66. The molecule has 29 heavy (non-hydrogen) atoms. The lowest BCUT2D eigenvalue weighted by Gasteiger charge is -2.60. The summed E-state index contributed by atoms with van der Waals surface area (Å²) in [5.41, 5.74) is 0.700. The minimum atomic E-state index is 0.176. The van der Waals surface area contributed by atoms with Gasteiger partial charge in [-0.2, -0.15) is 0 Å². The van der Waals surface area contributed by atoms with Crippen molar-refractivity contribution in [1.29, 1.82) is 0 Å². The molecule has 5 rings (SSSR count). The summed E-state index contributed by atoms with van der Waals surface area (Å²) < 4.78 is 0. The van der Waals surface area contributed by atoms with E-state index in [-0.39, 0.29) is 11.3 Å². The smallest absolute Gasteiger partial charge is 0.246 e. The zero-order valence-electron chi connectivity index (χ0n) is 18.6. The average Bonchev–Trinajstić information content (AvgIpc) is 3.34. The third-order valence-corrected chi connectivity index (χ3v) is 11.1. The van der Waals surface area contributed by atoms with Crippen LogP contribution in [-0.2, 0) is 4.79 Å². The third kappa shape index (κ3) is 2.90. The Labute approximate surface area is 180 Å². The molecule has 1 unspecified atom stereocenters. The lowest BCUT2D eigenvalue weighted by atomic mass is 9.47. The highest BCUT2D eigenvalue weighted by molar-refractivity contribution is 7.10. The molecule has 1 aromatic heterocycles. The molecule has 0 radical (unpaired) electrons. The van der Waals surface area contributed by atoms with E-state index in [2.05, 4.69) is 44.4 Å². The third-order valence-electron chi connectivity index (χ3n) is 9.99. The molecule has 2 heterocycles. The molecular weight excluding hydrogens is 374 g/mol. The first-order valence-corrected chi connectivity index (χ1v) is 12.7. The quantitative estimate of drug-likeness (QED) is 0.556. The molecule has 2 nitrogen and oxygen atoms in total. The van der Waals surface area contributed by atoms with E-state index in [4.69, 9.17) is 0 Å². The van der Waals surface area contributed by atoms with Gasteiger partial charge in [0.25, 0.3) is 0 Å². The number of carbonyl (C=O) groups excluding carboxylic acids is 1. The van der Waals surface area contributed by atoms with Gasteiger partial charge in [-0.1, -0.05) is 32.9 Å². The van der Waals surface area contributed by atoms with E-state index in [1.807, 2.05) is 29.4 Å². The van der Waals surface area contributed by atoms with Crippen LogP contribution in [0.25, 0.3) is 0 Å². The van der Waals surface area contributed by atoms with Crippen molar-refractivity contribution >= 4 is 17.2 Å². The van der Waals surface area contributed by atoms with Crippen molar-refractivity contribution in [2.75, 3.05) is 7.05 Å². The molecule has 3 heteroatoms. The highest BCUT2D eigenvalue weighted by Gasteiger charge is 2.60. The summed E-state index contributed by atoms with van der Waals surface area (Å²) in [6.45, 7) is 7.55. The molecule has 0 aromatic carbocycles. The standard InChI is InChI=1S/C26H37NOS/c1-17(22-6-5-15-29-22)16-18-7-9-20-19-8-10-23-26(3,14-12-24(28)27(23)4)21(19)11-13-25(18,20)2/h5-6,12,14-15,17-21,23H,7-11,13,16H2,1-4H3/t17?,18-,19+,20+,21+,23-,25-,26-/m1/s1. The summed E-state index contributed by atoms with van der Waals surface area (Å²) in [6.07, 6.45) is 13.6. The lowest BCUT2D eigenvalue weighted by Crippen LogP contribution is -2.59. The summed E-state index contributed by atoms with van der Waals surface area (Å²) in [7, 11) is 2.03. The fourth-order valence-corrected chi connectivity index (χ4v) is 9.15. The Morgan fingerprint density at radius 1 is 1.17 bits per heavy atom. The summed E-state index contributed by atoms with van der Waals surface area (Å²) in [4.78, 5) is 15.9. The Morgan fingerprint density at radius 3 is 2.76 bits per heavy atom. The van der Waals surface area contributed by atoms with Gasteiger partial charge >= 0.3 is 0 Å². The molecule has 3 fully saturated rings. The maximum atomic E-state index is 12.3. The fourth-order valence-electron chi connectivity index (χ4n) is 8.35. The van der Waals surface area contributed by atoms with Crippen LogP contribution in [0, 0.1) is 34.5 Å². The van der Waals surface area contributed by atoms with Crippen molar-refractivity contribution in [3.8, 4) is 0 Å². The number of thiophene rings is 1. The summed E-state index contributed by atoms with van der Waals surface area (Å²) in [6, 6.07) is 4.94. The molecule has 3 saturated carbocycles. The summed E-state index contributed by atoms with van der Waals surface area (Å²) in [5.74, 6) is 4.26. The molecule has 3 aliphatic carbocycles. The molecule has 0 N–H and O–H groups in total. The number of hydrogen-bond donors (Lipinski definition) is 0. The molecule has 0 spiro atoms. The van der Waals surface area contributed by atoms with Crippen molar-refractivity contribution in [1.82, 2.24) is 4.90 Å². The van der Waals surface area contributed by atoms with Gasteiger partial charge in [0.2, 0.25) is 5.91 Å². The maximum absolute atomic E-state index is 12.3. The van der Waals surface area contributed by atoms with Crippen molar-refractivity contribution in [3.05, 3.63) is 34.5 Å². The Hall–Kier alpha value is -1.09. The van der Waals surface area contributed by atoms with Crippen LogP contribution in [-0.4, -0.2) is 23.9 Å². The monoisotopic (exact) mass is 411 g/mol. The largest absolute Gasteiger partial charge is 0.338 e. The van der Waals surface area contributed by atoms with E-state index in [0.29, 0.717) is 17.4 Å². The molecule has 4 aliphatic rings. The number of likely N-dealkylation sites (N-methyl/N-ethyl adjacent to an activating group) is 1. The first kappa shape index (κ1) is 19.8. The van der Waals surface area contributed by atoms with Gasteiger partial charge in [-0.15, -0.1) is 11.3 Å². The van der Waals surface area contributed by atoms with Crippen molar-refractivity contribution in [2.24, 2.45) is 34.5 Å². The predicted octanol–water partition coefficient (Wildman–Crippen LogP) is 6.50. The zero-order valence-corrected chi connectivity index (χ0v) is 19.4. The molecular formula is C26H37NOS. The Kier molecular flexibility index (Phi) is 4.77. The number of rotatable bonds is 3. The molecule has 158 valence electrons. The molecule has 0 bridgehead atoms. The SMILES string of the molecule is CC(C[C@H]1CC[C@H]2[C@@H]3CC[C@H]4N(C)C(=O)C=C[C@]4(C)[C@H]3CC[C@]12C)c1cccs1. The average molecular weight is 412 g/mol. The molecule has 0 saturated heterocycles. The van der Waals surface area contributed by atoms with Gasteiger partial charge in [0.15, 0.2) is 0 Å². The number of carbonyl (C=O) groups is 1. The second-order valence-corrected chi connectivity index (χ2v) is 12.1. The van der Waals surface area contributed by atoms with E-state index < -0.39 is 0 Å². The normalized spacial score (nSPS) is 44.9. The van der Waals surface area contributed by atoms with Gasteiger partial charge in [0, 0.05) is 23.4 Å². The van der Waals surface area contributed by atoms with E-state index in [1.54, 1.807) is 4.88 Å². The maximum Gasteiger partial charge on any atom is 0.246 e. The second-order valence-electron chi connectivity index (χ2n) is 11.1. The first-order valence-electron chi connectivity index (χ1n) is 11.8. The van der Waals surface area contributed by atoms with E-state index in [9.17, 15) is 4.79 Å². The number of amides is 1. The predicted molar refractivity (Wildman–Crippen MR) is 121 cm³/mol. The summed E-state index contributed by atoms with van der Waals surface area (Å²) >= 11 is 1.93. The highest BCUT2D eigenvalue weighted by atomic mass is 32.1. The van der Waals surface area contributed by atoms with Crippen molar-refractivity contribution < 1.29 is 4.79 Å². The second kappa shape index (κ2) is 6.97. The van der Waals surface area contributed by atoms with Crippen LogP contribution < -0.4 is 0 Å². The van der Waals surface area contributed by atoms with Gasteiger partial charge in [0.05, 0.1) is 0 Å². The first-order chi connectivity index (χ1) is 13.8. The number of fused-ring (bicyclic) bond motifs is 5. The molecule has 8 atom stereocenters. The van der Waals surface area contributed by atoms with Crippen LogP contribution in [0.5, 0.6) is 0 Å². The topological polar surface area (TPSA) is 20.3 Å². The Bertz CT molecular complexity index is 800. The molecule has 1 amide bonds. The fraction of sp³-hybridized carbons (Fsp3) is 0.731. The van der Waals surface area contributed by atoms with E-state index in [1.165, 1.54) is 44.9 Å². The van der Waals surface area contributed by atoms with Crippen LogP contribution in [0.2, 0.25) is 0 Å². The number of hydrogen-bond acceptors (Lipinski definition) is 2. The molecule has 1 aromatic rings. The Balaban J connectivity index is 1.38. The van der Waals surface area contributed by atoms with Crippen LogP contribution in [0.1, 0.15) is 76.5 Å². The van der Waals surface area contributed by atoms with E-state index >= 15 is 0 Å². The lowest BCUT2D eigenvalue weighted by molar-refractivity contribution is -0.138. The van der Waals surface area contributed by atoms with Gasteiger partial charge in [0.1, 0.15) is 0 Å². The van der Waals surface area contributed by atoms with Gasteiger partial charge in [-0.25, -0.2) is 0 Å².